The van der Waals surface area contributed by atoms with Crippen molar-refractivity contribution in [3.63, 3.8) is 0 Å². The van der Waals surface area contributed by atoms with Crippen LogP contribution in [0.25, 0.3) is 0 Å². The molecule has 0 spiro atoms. The first-order valence-corrected chi connectivity index (χ1v) is 11.0. The highest BCUT2D eigenvalue weighted by molar-refractivity contribution is 7.98. The van der Waals surface area contributed by atoms with E-state index in [0.29, 0.717) is 22.3 Å². The summed E-state index contributed by atoms with van der Waals surface area (Å²) in [6, 6.07) is 4.22. The van der Waals surface area contributed by atoms with E-state index >= 15 is 0 Å². The Hall–Kier alpha value is -3.12. The van der Waals surface area contributed by atoms with Crippen LogP contribution in [0.4, 0.5) is 19.0 Å². The summed E-state index contributed by atoms with van der Waals surface area (Å²) in [5, 5.41) is 9.59. The van der Waals surface area contributed by atoms with Crippen molar-refractivity contribution >= 4 is 29.7 Å². The van der Waals surface area contributed by atoms with E-state index in [0.717, 1.165) is 12.1 Å². The number of thioether (sulfide) groups is 1. The fourth-order valence-corrected chi connectivity index (χ4v) is 3.59. The van der Waals surface area contributed by atoms with Gasteiger partial charge in [0.05, 0.1) is 19.2 Å². The molecular formula is C21H23F3N6O2S. The first kappa shape index (κ1) is 24.5. The van der Waals surface area contributed by atoms with Crippen LogP contribution in [0.1, 0.15) is 21.5 Å². The molecule has 0 aliphatic carbocycles. The molecule has 1 unspecified atom stereocenters. The van der Waals surface area contributed by atoms with Crippen molar-refractivity contribution in [2.24, 2.45) is 4.99 Å². The molecule has 176 valence electrons. The van der Waals surface area contributed by atoms with Crippen molar-refractivity contribution in [1.82, 2.24) is 20.6 Å². The fourth-order valence-electron chi connectivity index (χ4n) is 3.24. The summed E-state index contributed by atoms with van der Waals surface area (Å²) in [7, 11) is 3.17. The van der Waals surface area contributed by atoms with Gasteiger partial charge in [0.15, 0.2) is 10.8 Å². The Bertz CT molecular complexity index is 1080. The third kappa shape index (κ3) is 5.63. The second-order valence-electron chi connectivity index (χ2n) is 7.00. The minimum Gasteiger partial charge on any atom is -0.497 e. The lowest BCUT2D eigenvalue weighted by molar-refractivity contribution is -0.137. The maximum absolute atomic E-state index is 13.1. The van der Waals surface area contributed by atoms with Gasteiger partial charge in [0, 0.05) is 37.1 Å². The van der Waals surface area contributed by atoms with Crippen molar-refractivity contribution in [3.05, 3.63) is 59.0 Å². The van der Waals surface area contributed by atoms with E-state index in [1.165, 1.54) is 37.2 Å². The third-order valence-corrected chi connectivity index (χ3v) is 5.48. The summed E-state index contributed by atoms with van der Waals surface area (Å²) < 4.78 is 44.8. The van der Waals surface area contributed by atoms with Crippen LogP contribution in [0, 0.1) is 0 Å². The Morgan fingerprint density at radius 2 is 2.12 bits per heavy atom. The number of methoxy groups -OCH3 is 1. The second kappa shape index (κ2) is 10.2. The number of aromatic nitrogens is 2. The SMILES string of the molecule is CNc1nc(SC)ncc1CNC1(NC(=O)c2cccc(C(F)(F)F)c2)CN=CC=C1OC. The normalized spacial score (nSPS) is 17.9. The quantitative estimate of drug-likeness (QED) is 0.303. The van der Waals surface area contributed by atoms with Crippen molar-refractivity contribution in [2.75, 3.05) is 32.3 Å². The van der Waals surface area contributed by atoms with Gasteiger partial charge in [-0.05, 0) is 30.5 Å². The number of alkyl halides is 3. The number of amides is 1. The Labute approximate surface area is 193 Å². The summed E-state index contributed by atoms with van der Waals surface area (Å²) in [4.78, 5) is 25.9. The van der Waals surface area contributed by atoms with Crippen LogP contribution in [-0.4, -0.2) is 54.7 Å². The molecule has 0 bridgehead atoms. The lowest BCUT2D eigenvalue weighted by Gasteiger charge is -2.37. The number of aliphatic imine (C=N–C) groups is 1. The monoisotopic (exact) mass is 480 g/mol. The molecular weight excluding hydrogens is 457 g/mol. The summed E-state index contributed by atoms with van der Waals surface area (Å²) in [5.74, 6) is 0.241. The standard InChI is InChI=1S/C21H23F3N6O2S/c1-25-17-14(10-27-19(29-17)33-3)11-28-20(12-26-8-7-16(20)32-2)30-18(31)13-5-4-6-15(9-13)21(22,23)24/h4-10,28H,11-12H2,1-3H3,(H,30,31)(H,25,27,29). The van der Waals surface area contributed by atoms with Gasteiger partial charge in [0.25, 0.3) is 5.91 Å². The largest absolute Gasteiger partial charge is 0.497 e. The first-order valence-electron chi connectivity index (χ1n) is 9.79. The van der Waals surface area contributed by atoms with Crippen LogP contribution in [0.5, 0.6) is 0 Å². The van der Waals surface area contributed by atoms with Crippen LogP contribution >= 0.6 is 11.8 Å². The summed E-state index contributed by atoms with van der Waals surface area (Å²) in [5.41, 5.74) is -1.63. The predicted molar refractivity (Wildman–Crippen MR) is 120 cm³/mol. The third-order valence-electron chi connectivity index (χ3n) is 4.92. The van der Waals surface area contributed by atoms with E-state index in [2.05, 4.69) is 30.9 Å². The number of carbonyl (C=O) groups excluding carboxylic acids is 1. The molecule has 3 N–H and O–H groups in total. The van der Waals surface area contributed by atoms with Gasteiger partial charge in [-0.3, -0.25) is 15.1 Å². The van der Waals surface area contributed by atoms with Crippen LogP contribution < -0.4 is 16.0 Å². The number of benzene rings is 1. The molecule has 33 heavy (non-hydrogen) atoms. The molecule has 1 aliphatic heterocycles. The van der Waals surface area contributed by atoms with Crippen molar-refractivity contribution in [2.45, 2.75) is 23.5 Å². The Kier molecular flexibility index (Phi) is 7.59. The second-order valence-corrected chi connectivity index (χ2v) is 7.77. The molecule has 1 atom stereocenters. The zero-order valence-corrected chi connectivity index (χ0v) is 19.0. The number of nitrogens with one attached hydrogen (secondary N) is 3. The Morgan fingerprint density at radius 3 is 2.79 bits per heavy atom. The van der Waals surface area contributed by atoms with Crippen LogP contribution in [0.15, 0.2) is 52.4 Å². The Morgan fingerprint density at radius 1 is 1.33 bits per heavy atom. The summed E-state index contributed by atoms with van der Waals surface area (Å²) >= 11 is 1.40. The van der Waals surface area contributed by atoms with Gasteiger partial charge < -0.3 is 15.4 Å². The molecule has 2 aromatic rings. The fraction of sp³-hybridized carbons (Fsp3) is 0.333. The Balaban J connectivity index is 1.89. The topological polar surface area (TPSA) is 101 Å². The van der Waals surface area contributed by atoms with E-state index in [1.807, 2.05) is 6.26 Å². The molecule has 8 nitrogen and oxygen atoms in total. The van der Waals surface area contributed by atoms with Gasteiger partial charge in [-0.1, -0.05) is 17.8 Å². The van der Waals surface area contributed by atoms with E-state index in [-0.39, 0.29) is 18.7 Å². The van der Waals surface area contributed by atoms with Gasteiger partial charge in [-0.25, -0.2) is 9.97 Å². The highest BCUT2D eigenvalue weighted by Crippen LogP contribution is 2.30. The number of hydrogen-bond donors (Lipinski definition) is 3. The summed E-state index contributed by atoms with van der Waals surface area (Å²) in [6.07, 6.45) is 2.06. The number of rotatable bonds is 8. The molecule has 0 radical (unpaired) electrons. The number of ether oxygens (including phenoxy) is 1. The van der Waals surface area contributed by atoms with E-state index in [4.69, 9.17) is 4.74 Å². The van der Waals surface area contributed by atoms with Crippen LogP contribution in [0.2, 0.25) is 0 Å². The molecule has 1 aromatic heterocycles. The molecule has 1 aliphatic rings. The van der Waals surface area contributed by atoms with Gasteiger partial charge in [0.1, 0.15) is 11.6 Å². The summed E-state index contributed by atoms with van der Waals surface area (Å²) in [6.45, 7) is 0.278. The van der Waals surface area contributed by atoms with Gasteiger partial charge in [0.2, 0.25) is 0 Å². The molecule has 0 saturated carbocycles. The van der Waals surface area contributed by atoms with Crippen molar-refractivity contribution in [1.29, 1.82) is 0 Å². The number of allylic oxidation sites excluding steroid dienone is 1. The number of nitrogens with zero attached hydrogens (tertiary/aromatic N) is 3. The van der Waals surface area contributed by atoms with E-state index in [1.54, 1.807) is 19.3 Å². The number of hydrogen-bond acceptors (Lipinski definition) is 8. The molecule has 12 heteroatoms. The van der Waals surface area contributed by atoms with Crippen molar-refractivity contribution < 1.29 is 22.7 Å². The lowest BCUT2D eigenvalue weighted by Crippen LogP contribution is -2.63. The number of anilines is 1. The van der Waals surface area contributed by atoms with Crippen LogP contribution in [0.3, 0.4) is 0 Å². The molecule has 0 fully saturated rings. The molecule has 0 saturated heterocycles. The zero-order chi connectivity index (χ0) is 24.1. The van der Waals surface area contributed by atoms with Crippen LogP contribution in [-0.2, 0) is 17.5 Å². The number of halogens is 3. The predicted octanol–water partition coefficient (Wildman–Crippen LogP) is 3.09. The molecule has 3 rings (SSSR count). The molecule has 1 amide bonds. The maximum Gasteiger partial charge on any atom is 0.416 e. The van der Waals surface area contributed by atoms with E-state index in [9.17, 15) is 18.0 Å². The maximum atomic E-state index is 13.1. The lowest BCUT2D eigenvalue weighted by atomic mass is 10.0. The van der Waals surface area contributed by atoms with Crippen molar-refractivity contribution in [3.8, 4) is 0 Å². The average molecular weight is 481 g/mol. The van der Waals surface area contributed by atoms with Gasteiger partial charge in [-0.15, -0.1) is 0 Å². The molecule has 1 aromatic carbocycles. The van der Waals surface area contributed by atoms with Gasteiger partial charge in [-0.2, -0.15) is 13.2 Å². The minimum absolute atomic E-state index is 0.0655. The minimum atomic E-state index is -4.56. The number of dihydropyridines is 1. The number of carbonyl (C=O) groups is 1. The first-order chi connectivity index (χ1) is 15.7. The highest BCUT2D eigenvalue weighted by Gasteiger charge is 2.39. The average Bonchev–Trinajstić information content (AvgIpc) is 2.82. The zero-order valence-electron chi connectivity index (χ0n) is 18.2. The van der Waals surface area contributed by atoms with Gasteiger partial charge >= 0.3 is 6.18 Å². The highest BCUT2D eigenvalue weighted by atomic mass is 32.2. The smallest absolute Gasteiger partial charge is 0.416 e. The molecule has 2 heterocycles. The van der Waals surface area contributed by atoms with E-state index < -0.39 is 23.3 Å².